The van der Waals surface area contributed by atoms with E-state index in [1.54, 1.807) is 30.0 Å². The van der Waals surface area contributed by atoms with Gasteiger partial charge in [0, 0.05) is 28.7 Å². The quantitative estimate of drug-likeness (QED) is 0.565. The molecule has 2 aromatic carbocycles. The van der Waals surface area contributed by atoms with Crippen molar-refractivity contribution in [3.63, 3.8) is 0 Å². The number of hydrogen-bond acceptors (Lipinski definition) is 3. The number of amides is 1. The minimum Gasteiger partial charge on any atom is -0.438 e. The van der Waals surface area contributed by atoms with E-state index in [0.29, 0.717) is 24.2 Å². The number of benzene rings is 2. The number of nitrogens with one attached hydrogen (secondary N) is 1. The molecule has 6 heteroatoms. The van der Waals surface area contributed by atoms with Crippen LogP contribution >= 0.6 is 0 Å². The van der Waals surface area contributed by atoms with Crippen molar-refractivity contribution in [2.75, 3.05) is 6.54 Å². The highest BCUT2D eigenvalue weighted by molar-refractivity contribution is 5.94. The van der Waals surface area contributed by atoms with Crippen LogP contribution in [-0.2, 0) is 6.42 Å². The van der Waals surface area contributed by atoms with Gasteiger partial charge in [-0.15, -0.1) is 0 Å². The number of carbonyl (C=O) groups excluding carboxylic acids is 1. The zero-order chi connectivity index (χ0) is 19.3. The van der Waals surface area contributed by atoms with E-state index in [-0.39, 0.29) is 17.5 Å². The number of fused-ring (bicyclic) bond motifs is 3. The molecule has 0 spiro atoms. The Morgan fingerprint density at radius 1 is 1.21 bits per heavy atom. The topological polar surface area (TPSA) is 62.1 Å². The molecule has 3 heterocycles. The van der Waals surface area contributed by atoms with E-state index in [1.807, 2.05) is 18.2 Å². The van der Waals surface area contributed by atoms with Crippen molar-refractivity contribution < 1.29 is 13.6 Å². The molecule has 5 rings (SSSR count). The number of aromatic amines is 1. The molecule has 0 fully saturated rings. The molecule has 2 aromatic heterocycles. The zero-order valence-corrected chi connectivity index (χ0v) is 15.3. The summed E-state index contributed by atoms with van der Waals surface area (Å²) in [5, 5.41) is 1.11. The number of aromatic nitrogens is 2. The van der Waals surface area contributed by atoms with Crippen LogP contribution in [0.2, 0.25) is 0 Å². The van der Waals surface area contributed by atoms with Crippen molar-refractivity contribution in [2.24, 2.45) is 0 Å². The molecule has 140 valence electrons. The first-order valence-electron chi connectivity index (χ1n) is 9.20. The molecular formula is C22H18FN3O2. The minimum atomic E-state index is -0.561. The van der Waals surface area contributed by atoms with Crippen LogP contribution in [0.5, 0.6) is 0 Å². The number of rotatable bonds is 2. The van der Waals surface area contributed by atoms with E-state index >= 15 is 0 Å². The molecule has 0 radical (unpaired) electrons. The normalized spacial score (nSPS) is 16.4. The second-order valence-electron chi connectivity index (χ2n) is 7.00. The molecule has 4 aromatic rings. The summed E-state index contributed by atoms with van der Waals surface area (Å²) in [5.41, 5.74) is 3.95. The third-order valence-corrected chi connectivity index (χ3v) is 5.43. The number of halogens is 1. The van der Waals surface area contributed by atoms with Crippen molar-refractivity contribution in [3.05, 3.63) is 89.0 Å². The molecule has 5 nitrogen and oxygen atoms in total. The largest absolute Gasteiger partial charge is 0.438 e. The molecule has 0 saturated carbocycles. The molecule has 1 N–H and O–H groups in total. The second kappa shape index (κ2) is 6.34. The Morgan fingerprint density at radius 3 is 2.79 bits per heavy atom. The number of hydrogen-bond donors (Lipinski definition) is 1. The lowest BCUT2D eigenvalue weighted by molar-refractivity contribution is 0.0655. The van der Waals surface area contributed by atoms with Crippen LogP contribution in [0.4, 0.5) is 4.39 Å². The Bertz CT molecular complexity index is 1190. The smallest absolute Gasteiger partial charge is 0.292 e. The SMILES string of the molecule is Cc1ncoc1C(=O)N1CCc2c([nH]c3ccccc23)[C@H]1c1ccccc1F. The van der Waals surface area contributed by atoms with Crippen LogP contribution in [0.3, 0.4) is 0 Å². The van der Waals surface area contributed by atoms with Gasteiger partial charge in [0.15, 0.2) is 6.39 Å². The minimum absolute atomic E-state index is 0.195. The van der Waals surface area contributed by atoms with Crippen LogP contribution in [0.1, 0.15) is 39.1 Å². The summed E-state index contributed by atoms with van der Waals surface area (Å²) < 4.78 is 20.1. The number of carbonyl (C=O) groups is 1. The summed E-state index contributed by atoms with van der Waals surface area (Å²) in [5.74, 6) is -0.431. The van der Waals surface area contributed by atoms with E-state index in [9.17, 15) is 9.18 Å². The first-order valence-corrected chi connectivity index (χ1v) is 9.20. The van der Waals surface area contributed by atoms with Crippen LogP contribution in [0, 0.1) is 12.7 Å². The van der Waals surface area contributed by atoms with Gasteiger partial charge in [0.25, 0.3) is 5.91 Å². The van der Waals surface area contributed by atoms with Crippen LogP contribution in [0.25, 0.3) is 10.9 Å². The number of aryl methyl sites for hydroxylation is 1. The Labute approximate surface area is 160 Å². The number of nitrogens with zero attached hydrogens (tertiary/aromatic N) is 2. The highest BCUT2D eigenvalue weighted by Gasteiger charge is 2.37. The molecule has 0 saturated heterocycles. The standard InChI is InChI=1S/C22H18FN3O2/c1-13-21(28-12-24-13)22(27)26-11-10-15-14-6-3-5-9-18(14)25-19(15)20(26)16-7-2-4-8-17(16)23/h2-9,12,20,25H,10-11H2,1H3/t20-/m1/s1. The predicted octanol–water partition coefficient (Wildman–Crippen LogP) is 4.39. The number of oxazole rings is 1. The highest BCUT2D eigenvalue weighted by atomic mass is 19.1. The third kappa shape index (κ3) is 2.45. The van der Waals surface area contributed by atoms with Crippen LogP contribution < -0.4 is 0 Å². The van der Waals surface area contributed by atoms with Gasteiger partial charge < -0.3 is 14.3 Å². The van der Waals surface area contributed by atoms with Gasteiger partial charge in [-0.25, -0.2) is 9.37 Å². The monoisotopic (exact) mass is 375 g/mol. The van der Waals surface area contributed by atoms with Crippen molar-refractivity contribution in [1.82, 2.24) is 14.9 Å². The van der Waals surface area contributed by atoms with Gasteiger partial charge in [-0.1, -0.05) is 36.4 Å². The second-order valence-corrected chi connectivity index (χ2v) is 7.00. The Morgan fingerprint density at radius 2 is 2.00 bits per heavy atom. The Hall–Kier alpha value is -3.41. The molecule has 1 amide bonds. The Balaban J connectivity index is 1.71. The van der Waals surface area contributed by atoms with Crippen molar-refractivity contribution in [3.8, 4) is 0 Å². The first kappa shape index (κ1) is 16.7. The number of para-hydroxylation sites is 1. The van der Waals surface area contributed by atoms with Gasteiger partial charge in [0.05, 0.1) is 5.69 Å². The lowest BCUT2D eigenvalue weighted by Gasteiger charge is -2.35. The lowest BCUT2D eigenvalue weighted by atomic mass is 9.91. The van der Waals surface area contributed by atoms with Gasteiger partial charge in [-0.3, -0.25) is 4.79 Å². The van der Waals surface area contributed by atoms with Gasteiger partial charge in [0.1, 0.15) is 11.9 Å². The predicted molar refractivity (Wildman–Crippen MR) is 103 cm³/mol. The van der Waals surface area contributed by atoms with E-state index in [2.05, 4.69) is 16.0 Å². The first-order chi connectivity index (χ1) is 13.6. The average molecular weight is 375 g/mol. The summed E-state index contributed by atoms with van der Waals surface area (Å²) in [7, 11) is 0. The number of H-pyrrole nitrogens is 1. The maximum Gasteiger partial charge on any atom is 0.292 e. The fourth-order valence-electron chi connectivity index (χ4n) is 4.12. The summed E-state index contributed by atoms with van der Waals surface area (Å²) >= 11 is 0. The van der Waals surface area contributed by atoms with Crippen molar-refractivity contribution in [2.45, 2.75) is 19.4 Å². The molecule has 1 aliphatic rings. The van der Waals surface area contributed by atoms with Gasteiger partial charge in [-0.2, -0.15) is 0 Å². The van der Waals surface area contributed by atoms with E-state index < -0.39 is 6.04 Å². The molecule has 0 unspecified atom stereocenters. The molecule has 1 aliphatic heterocycles. The summed E-state index contributed by atoms with van der Waals surface area (Å²) in [4.78, 5) is 22.4. The van der Waals surface area contributed by atoms with Gasteiger partial charge in [-0.05, 0) is 31.0 Å². The zero-order valence-electron chi connectivity index (χ0n) is 15.3. The van der Waals surface area contributed by atoms with Crippen LogP contribution in [-0.4, -0.2) is 27.3 Å². The van der Waals surface area contributed by atoms with E-state index in [4.69, 9.17) is 4.42 Å². The molecule has 0 aliphatic carbocycles. The maximum atomic E-state index is 14.8. The average Bonchev–Trinajstić information content (AvgIpc) is 3.30. The molecule has 0 bridgehead atoms. The van der Waals surface area contributed by atoms with Gasteiger partial charge >= 0.3 is 0 Å². The molecule has 1 atom stereocenters. The summed E-state index contributed by atoms with van der Waals surface area (Å²) in [6.07, 6.45) is 1.95. The van der Waals surface area contributed by atoms with E-state index in [1.165, 1.54) is 12.5 Å². The highest BCUT2D eigenvalue weighted by Crippen LogP contribution is 2.40. The fourth-order valence-corrected chi connectivity index (χ4v) is 4.12. The maximum absolute atomic E-state index is 14.8. The fraction of sp³-hybridized carbons (Fsp3) is 0.182. The van der Waals surface area contributed by atoms with Crippen molar-refractivity contribution >= 4 is 16.8 Å². The van der Waals surface area contributed by atoms with Gasteiger partial charge in [0.2, 0.25) is 5.76 Å². The Kier molecular flexibility index (Phi) is 3.79. The van der Waals surface area contributed by atoms with E-state index in [0.717, 1.165) is 22.2 Å². The molecule has 28 heavy (non-hydrogen) atoms. The summed E-state index contributed by atoms with van der Waals surface area (Å²) in [6, 6.07) is 14.0. The summed E-state index contributed by atoms with van der Waals surface area (Å²) in [6.45, 7) is 2.19. The lowest BCUT2D eigenvalue weighted by Crippen LogP contribution is -2.41. The molecular weight excluding hydrogens is 357 g/mol. The third-order valence-electron chi connectivity index (χ3n) is 5.43. The van der Waals surface area contributed by atoms with Crippen molar-refractivity contribution in [1.29, 1.82) is 0 Å². The van der Waals surface area contributed by atoms with Crippen LogP contribution in [0.15, 0.2) is 59.3 Å².